The maximum absolute atomic E-state index is 5.90. The van der Waals surface area contributed by atoms with Crippen LogP contribution in [0.15, 0.2) is 12.2 Å². The first-order valence-corrected chi connectivity index (χ1v) is 11.9. The first-order chi connectivity index (χ1) is 13.3. The molecule has 0 fully saturated rings. The second-order valence-electron chi connectivity index (χ2n) is 7.70. The number of hydrogen-bond donors (Lipinski definition) is 1. The van der Waals surface area contributed by atoms with E-state index >= 15 is 0 Å². The lowest BCUT2D eigenvalue weighted by Gasteiger charge is -2.18. The summed E-state index contributed by atoms with van der Waals surface area (Å²) in [5.41, 5.74) is 5.69. The molecule has 1 atom stereocenters. The quantitative estimate of drug-likeness (QED) is 0.123. The van der Waals surface area contributed by atoms with Crippen molar-refractivity contribution in [3.05, 3.63) is 12.2 Å². The van der Waals surface area contributed by atoms with Crippen molar-refractivity contribution in [2.45, 2.75) is 123 Å². The molecule has 0 bridgehead atoms. The third-order valence-corrected chi connectivity index (χ3v) is 5.01. The minimum Gasteiger partial charge on any atom is -0.353 e. The lowest BCUT2D eigenvalue weighted by molar-refractivity contribution is -0.145. The van der Waals surface area contributed by atoms with Gasteiger partial charge in [-0.05, 0) is 39.2 Å². The number of nitrogens with two attached hydrogens (primary N) is 1. The summed E-state index contributed by atoms with van der Waals surface area (Å²) in [5.74, 6) is 0. The molecule has 3 heteroatoms. The summed E-state index contributed by atoms with van der Waals surface area (Å²) in [7, 11) is 0. The molecule has 0 heterocycles. The van der Waals surface area contributed by atoms with E-state index in [0.29, 0.717) is 6.54 Å². The van der Waals surface area contributed by atoms with Crippen LogP contribution in [0.3, 0.4) is 0 Å². The summed E-state index contributed by atoms with van der Waals surface area (Å²) < 4.78 is 11.8. The van der Waals surface area contributed by atoms with E-state index in [1.165, 1.54) is 83.5 Å². The van der Waals surface area contributed by atoms with Crippen LogP contribution in [-0.4, -0.2) is 26.0 Å². The van der Waals surface area contributed by atoms with Crippen LogP contribution in [0.4, 0.5) is 0 Å². The number of rotatable bonds is 22. The summed E-state index contributed by atoms with van der Waals surface area (Å²) in [6.45, 7) is 6.61. The van der Waals surface area contributed by atoms with E-state index in [1.807, 2.05) is 0 Å². The second-order valence-corrected chi connectivity index (χ2v) is 7.70. The molecule has 0 amide bonds. The minimum absolute atomic E-state index is 0.0969. The van der Waals surface area contributed by atoms with Gasteiger partial charge in [-0.1, -0.05) is 89.7 Å². The van der Waals surface area contributed by atoms with E-state index in [2.05, 4.69) is 26.0 Å². The van der Waals surface area contributed by atoms with Crippen molar-refractivity contribution in [3.63, 3.8) is 0 Å². The molecule has 1 unspecified atom stereocenters. The summed E-state index contributed by atoms with van der Waals surface area (Å²) in [5, 5.41) is 0. The van der Waals surface area contributed by atoms with Gasteiger partial charge in [0, 0.05) is 19.6 Å². The van der Waals surface area contributed by atoms with Gasteiger partial charge < -0.3 is 15.2 Å². The van der Waals surface area contributed by atoms with Crippen LogP contribution in [0.1, 0.15) is 117 Å². The van der Waals surface area contributed by atoms with E-state index in [0.717, 1.165) is 32.5 Å². The van der Waals surface area contributed by atoms with E-state index in [1.54, 1.807) is 0 Å². The van der Waals surface area contributed by atoms with Crippen LogP contribution < -0.4 is 5.73 Å². The van der Waals surface area contributed by atoms with Gasteiger partial charge in [0.1, 0.15) is 0 Å². The molecule has 0 saturated heterocycles. The molecule has 0 spiro atoms. The first kappa shape index (κ1) is 26.6. The van der Waals surface area contributed by atoms with Gasteiger partial charge in [-0.2, -0.15) is 0 Å². The van der Waals surface area contributed by atoms with Crippen molar-refractivity contribution in [3.8, 4) is 0 Å². The van der Waals surface area contributed by atoms with Crippen LogP contribution in [0, 0.1) is 0 Å². The van der Waals surface area contributed by atoms with Gasteiger partial charge in [0.05, 0.1) is 0 Å². The monoisotopic (exact) mass is 383 g/mol. The Labute approximate surface area is 170 Å². The smallest absolute Gasteiger partial charge is 0.158 e. The van der Waals surface area contributed by atoms with Gasteiger partial charge >= 0.3 is 0 Å². The number of unbranched alkanes of at least 4 members (excludes halogenated alkanes) is 13. The average molecular weight is 384 g/mol. The molecular weight excluding hydrogens is 334 g/mol. The fourth-order valence-corrected chi connectivity index (χ4v) is 3.25. The third kappa shape index (κ3) is 21.8. The van der Waals surface area contributed by atoms with Crippen LogP contribution >= 0.6 is 0 Å². The minimum atomic E-state index is -0.0969. The Morgan fingerprint density at radius 3 is 1.67 bits per heavy atom. The number of hydrogen-bond acceptors (Lipinski definition) is 3. The van der Waals surface area contributed by atoms with Gasteiger partial charge in [0.2, 0.25) is 0 Å². The molecule has 0 saturated carbocycles. The summed E-state index contributed by atoms with van der Waals surface area (Å²) in [6, 6.07) is 0. The molecule has 3 nitrogen and oxygen atoms in total. The Morgan fingerprint density at radius 2 is 1.19 bits per heavy atom. The van der Waals surface area contributed by atoms with Gasteiger partial charge in [-0.15, -0.1) is 0 Å². The van der Waals surface area contributed by atoms with E-state index in [4.69, 9.17) is 15.2 Å². The maximum atomic E-state index is 5.90. The maximum Gasteiger partial charge on any atom is 0.158 e. The van der Waals surface area contributed by atoms with Crippen molar-refractivity contribution in [1.82, 2.24) is 0 Å². The molecule has 0 aromatic carbocycles. The zero-order valence-corrected chi connectivity index (χ0v) is 18.6. The molecule has 0 rings (SSSR count). The highest BCUT2D eigenvalue weighted by atomic mass is 16.7. The SMILES string of the molecule is C/C=C\CCCCCCCCOC(CCN)OCCCCCCCCCC. The molecule has 2 N–H and O–H groups in total. The standard InChI is InChI=1S/C24H49NO2/c1-3-5-7-9-11-13-15-17-19-23-27-24(20-21-25)26-22-18-16-14-12-10-8-6-4-2/h3,5,24H,4,6-23,25H2,1-2H3/b5-3-. The topological polar surface area (TPSA) is 44.5 Å². The number of allylic oxidation sites excluding steroid dienone is 2. The fourth-order valence-electron chi connectivity index (χ4n) is 3.25. The normalized spacial score (nSPS) is 12.9. The second kappa shape index (κ2) is 23.7. The summed E-state index contributed by atoms with van der Waals surface area (Å²) in [6.07, 6.45) is 24.7. The highest BCUT2D eigenvalue weighted by molar-refractivity contribution is 4.76. The highest BCUT2D eigenvalue weighted by Gasteiger charge is 2.08. The summed E-state index contributed by atoms with van der Waals surface area (Å²) >= 11 is 0. The van der Waals surface area contributed by atoms with Crippen molar-refractivity contribution in [2.75, 3.05) is 19.8 Å². The number of ether oxygens (including phenoxy) is 2. The van der Waals surface area contributed by atoms with Crippen molar-refractivity contribution in [2.24, 2.45) is 5.73 Å². The van der Waals surface area contributed by atoms with Gasteiger partial charge in [-0.3, -0.25) is 0 Å². The highest BCUT2D eigenvalue weighted by Crippen LogP contribution is 2.11. The molecular formula is C24H49NO2. The Kier molecular flexibility index (Phi) is 23.3. The molecule has 162 valence electrons. The van der Waals surface area contributed by atoms with Crippen LogP contribution in [-0.2, 0) is 9.47 Å². The first-order valence-electron chi connectivity index (χ1n) is 11.9. The predicted octanol–water partition coefficient (Wildman–Crippen LogP) is 7.14. The lowest BCUT2D eigenvalue weighted by atomic mass is 10.1. The molecule has 0 aliphatic rings. The Bertz CT molecular complexity index is 294. The Balaban J connectivity index is 3.43. The zero-order chi connectivity index (χ0) is 19.8. The largest absolute Gasteiger partial charge is 0.353 e. The molecule has 0 aliphatic heterocycles. The Morgan fingerprint density at radius 1 is 0.704 bits per heavy atom. The molecule has 0 radical (unpaired) electrons. The van der Waals surface area contributed by atoms with E-state index < -0.39 is 0 Å². The van der Waals surface area contributed by atoms with Crippen LogP contribution in [0.5, 0.6) is 0 Å². The molecule has 0 aliphatic carbocycles. The van der Waals surface area contributed by atoms with Gasteiger partial charge in [0.25, 0.3) is 0 Å². The summed E-state index contributed by atoms with van der Waals surface area (Å²) in [4.78, 5) is 0. The van der Waals surface area contributed by atoms with Crippen molar-refractivity contribution >= 4 is 0 Å². The van der Waals surface area contributed by atoms with Crippen LogP contribution in [0.2, 0.25) is 0 Å². The van der Waals surface area contributed by atoms with E-state index in [9.17, 15) is 0 Å². The molecule has 27 heavy (non-hydrogen) atoms. The molecule has 0 aromatic heterocycles. The van der Waals surface area contributed by atoms with Crippen molar-refractivity contribution < 1.29 is 9.47 Å². The lowest BCUT2D eigenvalue weighted by Crippen LogP contribution is -2.22. The van der Waals surface area contributed by atoms with E-state index in [-0.39, 0.29) is 6.29 Å². The fraction of sp³-hybridized carbons (Fsp3) is 0.917. The van der Waals surface area contributed by atoms with Gasteiger partial charge in [-0.25, -0.2) is 0 Å². The third-order valence-electron chi connectivity index (χ3n) is 5.01. The predicted molar refractivity (Wildman–Crippen MR) is 119 cm³/mol. The van der Waals surface area contributed by atoms with Crippen LogP contribution in [0.25, 0.3) is 0 Å². The molecule has 0 aromatic rings. The zero-order valence-electron chi connectivity index (χ0n) is 18.6. The van der Waals surface area contributed by atoms with Crippen molar-refractivity contribution in [1.29, 1.82) is 0 Å². The van der Waals surface area contributed by atoms with Gasteiger partial charge in [0.15, 0.2) is 6.29 Å². The Hall–Kier alpha value is -0.380. The average Bonchev–Trinajstić information content (AvgIpc) is 2.68.